The van der Waals surface area contributed by atoms with Crippen molar-refractivity contribution in [2.75, 3.05) is 19.8 Å². The van der Waals surface area contributed by atoms with Gasteiger partial charge >= 0.3 is 6.03 Å². The van der Waals surface area contributed by atoms with Crippen molar-refractivity contribution < 1.29 is 23.9 Å². The summed E-state index contributed by atoms with van der Waals surface area (Å²) in [5, 5.41) is 2.70. The van der Waals surface area contributed by atoms with Crippen LogP contribution >= 0.6 is 0 Å². The maximum atomic E-state index is 12.9. The largest absolute Gasteiger partial charge is 0.486 e. The molecule has 134 valence electrons. The third-order valence-electron chi connectivity index (χ3n) is 4.53. The Morgan fingerprint density at radius 3 is 2.48 bits per heavy atom. The molecule has 0 unspecified atom stereocenters. The SMILES string of the molecule is CC(C)(C)C(=O)CN1C(=O)N[C@@](C)(c2ccc3c(c2)OCCO3)C1=O. The zero-order valence-electron chi connectivity index (χ0n) is 14.8. The predicted molar refractivity (Wildman–Crippen MR) is 89.5 cm³/mol. The lowest BCUT2D eigenvalue weighted by atomic mass is 9.89. The second-order valence-corrected chi connectivity index (χ2v) is 7.48. The number of hydrogen-bond donors (Lipinski definition) is 1. The average molecular weight is 346 g/mol. The Labute approximate surface area is 146 Å². The molecule has 1 atom stereocenters. The molecule has 2 aliphatic rings. The van der Waals surface area contributed by atoms with Crippen molar-refractivity contribution in [3.8, 4) is 11.5 Å². The average Bonchev–Trinajstić information content (AvgIpc) is 2.77. The molecule has 1 N–H and O–H groups in total. The topological polar surface area (TPSA) is 84.9 Å². The fraction of sp³-hybridized carbons (Fsp3) is 0.500. The number of benzene rings is 1. The van der Waals surface area contributed by atoms with E-state index in [0.717, 1.165) is 4.90 Å². The van der Waals surface area contributed by atoms with Gasteiger partial charge in [-0.2, -0.15) is 0 Å². The summed E-state index contributed by atoms with van der Waals surface area (Å²) in [6, 6.07) is 4.57. The summed E-state index contributed by atoms with van der Waals surface area (Å²) in [4.78, 5) is 38.4. The van der Waals surface area contributed by atoms with Crippen molar-refractivity contribution in [3.05, 3.63) is 23.8 Å². The molecule has 7 heteroatoms. The minimum atomic E-state index is -1.24. The summed E-state index contributed by atoms with van der Waals surface area (Å²) < 4.78 is 11.0. The van der Waals surface area contributed by atoms with Crippen molar-refractivity contribution in [1.29, 1.82) is 0 Å². The lowest BCUT2D eigenvalue weighted by Crippen LogP contribution is -2.42. The van der Waals surface area contributed by atoms with Gasteiger partial charge in [-0.15, -0.1) is 0 Å². The molecule has 25 heavy (non-hydrogen) atoms. The van der Waals surface area contributed by atoms with Gasteiger partial charge in [-0.3, -0.25) is 14.5 Å². The summed E-state index contributed by atoms with van der Waals surface area (Å²) in [7, 11) is 0. The van der Waals surface area contributed by atoms with Crippen molar-refractivity contribution >= 4 is 17.7 Å². The molecule has 3 rings (SSSR count). The highest BCUT2D eigenvalue weighted by atomic mass is 16.6. The first-order valence-corrected chi connectivity index (χ1v) is 8.20. The quantitative estimate of drug-likeness (QED) is 0.844. The van der Waals surface area contributed by atoms with E-state index >= 15 is 0 Å². The third kappa shape index (κ3) is 2.94. The zero-order valence-corrected chi connectivity index (χ0v) is 14.8. The predicted octanol–water partition coefficient (Wildman–Crippen LogP) is 1.84. The third-order valence-corrected chi connectivity index (χ3v) is 4.53. The van der Waals surface area contributed by atoms with E-state index in [4.69, 9.17) is 9.47 Å². The second-order valence-electron chi connectivity index (χ2n) is 7.48. The zero-order chi connectivity index (χ0) is 18.4. The molecule has 2 aliphatic heterocycles. The molecular weight excluding hydrogens is 324 g/mol. The molecule has 0 spiro atoms. The summed E-state index contributed by atoms with van der Waals surface area (Å²) in [6.07, 6.45) is 0. The van der Waals surface area contributed by atoms with Crippen molar-refractivity contribution in [2.24, 2.45) is 5.41 Å². The second kappa shape index (κ2) is 5.75. The van der Waals surface area contributed by atoms with E-state index in [0.29, 0.717) is 30.3 Å². The van der Waals surface area contributed by atoms with Crippen LogP contribution in [0.25, 0.3) is 0 Å². The monoisotopic (exact) mass is 346 g/mol. The highest BCUT2D eigenvalue weighted by Gasteiger charge is 2.50. The molecule has 1 aromatic carbocycles. The van der Waals surface area contributed by atoms with Crippen LogP contribution in [0, 0.1) is 5.41 Å². The highest BCUT2D eigenvalue weighted by molar-refractivity contribution is 6.09. The van der Waals surface area contributed by atoms with Crippen molar-refractivity contribution in [1.82, 2.24) is 10.2 Å². The van der Waals surface area contributed by atoms with Gasteiger partial charge in [-0.25, -0.2) is 4.79 Å². The van der Waals surface area contributed by atoms with Gasteiger partial charge in [0, 0.05) is 5.41 Å². The van der Waals surface area contributed by atoms with E-state index < -0.39 is 22.9 Å². The Morgan fingerprint density at radius 2 is 1.84 bits per heavy atom. The Kier molecular flexibility index (Phi) is 3.97. The van der Waals surface area contributed by atoms with Crippen LogP contribution in [-0.2, 0) is 15.1 Å². The fourth-order valence-electron chi connectivity index (χ4n) is 2.77. The molecule has 1 saturated heterocycles. The van der Waals surface area contributed by atoms with Crippen molar-refractivity contribution in [3.63, 3.8) is 0 Å². The van der Waals surface area contributed by atoms with Crippen molar-refractivity contribution in [2.45, 2.75) is 33.2 Å². The Bertz CT molecular complexity index is 752. The smallest absolute Gasteiger partial charge is 0.325 e. The van der Waals surface area contributed by atoms with Gasteiger partial charge in [0.2, 0.25) is 0 Å². The Balaban J connectivity index is 1.88. The molecule has 0 radical (unpaired) electrons. The van der Waals surface area contributed by atoms with Gasteiger partial charge in [0.1, 0.15) is 18.8 Å². The number of nitrogens with zero attached hydrogens (tertiary/aromatic N) is 1. The number of rotatable bonds is 3. The number of imide groups is 1. The van der Waals surface area contributed by atoms with E-state index in [1.807, 2.05) is 0 Å². The molecule has 0 bridgehead atoms. The Morgan fingerprint density at radius 1 is 1.20 bits per heavy atom. The summed E-state index contributed by atoms with van der Waals surface area (Å²) in [5.74, 6) is 0.514. The maximum absolute atomic E-state index is 12.9. The molecule has 0 aliphatic carbocycles. The summed E-state index contributed by atoms with van der Waals surface area (Å²) in [5.41, 5.74) is -1.29. The standard InChI is InChI=1S/C18H22N2O5/c1-17(2,3)14(21)10-20-15(22)18(4,19-16(20)23)11-5-6-12-13(9-11)25-8-7-24-12/h5-6,9H,7-8,10H2,1-4H3,(H,19,23)/t18-/m0/s1. The van der Waals surface area contributed by atoms with Crippen LogP contribution in [-0.4, -0.2) is 42.4 Å². The molecule has 1 fully saturated rings. The van der Waals surface area contributed by atoms with E-state index in [9.17, 15) is 14.4 Å². The van der Waals surface area contributed by atoms with E-state index in [2.05, 4.69) is 5.32 Å². The lowest BCUT2D eigenvalue weighted by Gasteiger charge is -2.25. The summed E-state index contributed by atoms with van der Waals surface area (Å²) in [6.45, 7) is 7.56. The number of fused-ring (bicyclic) bond motifs is 1. The van der Waals surface area contributed by atoms with Crippen LogP contribution in [0.1, 0.15) is 33.3 Å². The first-order chi connectivity index (χ1) is 11.6. The van der Waals surface area contributed by atoms with Gasteiger partial charge in [-0.05, 0) is 24.6 Å². The molecule has 2 heterocycles. The first-order valence-electron chi connectivity index (χ1n) is 8.20. The number of carbonyl (C=O) groups excluding carboxylic acids is 3. The van der Waals surface area contributed by atoms with Crippen LogP contribution in [0.3, 0.4) is 0 Å². The van der Waals surface area contributed by atoms with E-state index in [1.54, 1.807) is 45.9 Å². The van der Waals surface area contributed by atoms with Crippen LogP contribution in [0.2, 0.25) is 0 Å². The van der Waals surface area contributed by atoms with Gasteiger partial charge in [0.15, 0.2) is 17.3 Å². The number of ketones is 1. The highest BCUT2D eigenvalue weighted by Crippen LogP contribution is 2.37. The number of hydrogen-bond acceptors (Lipinski definition) is 5. The van der Waals surface area contributed by atoms with Crippen LogP contribution in [0.4, 0.5) is 4.79 Å². The molecule has 0 saturated carbocycles. The summed E-state index contributed by atoms with van der Waals surface area (Å²) >= 11 is 0. The molecular formula is C18H22N2O5. The molecule has 3 amide bonds. The normalized spacial score (nSPS) is 22.8. The number of amides is 3. The number of nitrogens with one attached hydrogen (secondary N) is 1. The van der Waals surface area contributed by atoms with E-state index in [-0.39, 0.29) is 12.3 Å². The minimum absolute atomic E-state index is 0.178. The first kappa shape index (κ1) is 17.3. The van der Waals surface area contributed by atoms with Crippen LogP contribution in [0.5, 0.6) is 11.5 Å². The van der Waals surface area contributed by atoms with Gasteiger partial charge in [0.05, 0.1) is 6.54 Å². The number of ether oxygens (including phenoxy) is 2. The van der Waals surface area contributed by atoms with Crippen LogP contribution < -0.4 is 14.8 Å². The molecule has 7 nitrogen and oxygen atoms in total. The minimum Gasteiger partial charge on any atom is -0.486 e. The van der Waals surface area contributed by atoms with Crippen LogP contribution in [0.15, 0.2) is 18.2 Å². The number of Topliss-reactive ketones (excluding diaryl/α,β-unsaturated/α-hetero) is 1. The lowest BCUT2D eigenvalue weighted by molar-refractivity contribution is -0.136. The van der Waals surface area contributed by atoms with E-state index in [1.165, 1.54) is 0 Å². The fourth-order valence-corrected chi connectivity index (χ4v) is 2.77. The Hall–Kier alpha value is -2.57. The molecule has 1 aromatic rings. The van der Waals surface area contributed by atoms with Gasteiger partial charge < -0.3 is 14.8 Å². The van der Waals surface area contributed by atoms with Gasteiger partial charge in [0.25, 0.3) is 5.91 Å². The molecule has 0 aromatic heterocycles. The maximum Gasteiger partial charge on any atom is 0.325 e. The van der Waals surface area contributed by atoms with Gasteiger partial charge in [-0.1, -0.05) is 26.8 Å². The number of carbonyl (C=O) groups is 3. The number of urea groups is 1.